The average Bonchev–Trinajstić information content (AvgIpc) is 2.17. The van der Waals surface area contributed by atoms with E-state index in [1.165, 1.54) is 0 Å². The summed E-state index contributed by atoms with van der Waals surface area (Å²) in [5.74, 6) is 0. The van der Waals surface area contributed by atoms with Crippen LogP contribution in [0.2, 0.25) is 5.02 Å². The highest BCUT2D eigenvalue weighted by molar-refractivity contribution is 6.31. The molecule has 0 saturated carbocycles. The summed E-state index contributed by atoms with van der Waals surface area (Å²) >= 11 is 5.85. The van der Waals surface area contributed by atoms with Crippen LogP contribution in [0.4, 0.5) is 11.4 Å². The molecule has 0 unspecified atom stereocenters. The molecule has 0 fully saturated rings. The Morgan fingerprint density at radius 3 is 2.87 bits per heavy atom. The quantitative estimate of drug-likeness (QED) is 0.602. The van der Waals surface area contributed by atoms with E-state index in [1.807, 2.05) is 19.9 Å². The molecule has 3 N–H and O–H groups in total. The van der Waals surface area contributed by atoms with Gasteiger partial charge in [-0.15, -0.1) is 0 Å². The standard InChI is InChI=1S/C11H17ClN2O/c1-8(2)15-6-5-14-11-7-9(12)3-4-10(11)13/h3-4,7-8,14H,5-6,13H2,1-2H3. The lowest BCUT2D eigenvalue weighted by atomic mass is 10.2. The lowest BCUT2D eigenvalue weighted by molar-refractivity contribution is 0.0871. The van der Waals surface area contributed by atoms with Crippen LogP contribution < -0.4 is 11.1 Å². The van der Waals surface area contributed by atoms with E-state index >= 15 is 0 Å². The van der Waals surface area contributed by atoms with Crippen LogP contribution >= 0.6 is 11.6 Å². The molecular weight excluding hydrogens is 212 g/mol. The predicted molar refractivity (Wildman–Crippen MR) is 65.4 cm³/mol. The van der Waals surface area contributed by atoms with Gasteiger partial charge in [0.05, 0.1) is 24.1 Å². The average molecular weight is 229 g/mol. The Morgan fingerprint density at radius 2 is 2.20 bits per heavy atom. The molecule has 4 heteroatoms. The van der Waals surface area contributed by atoms with Gasteiger partial charge in [0.15, 0.2) is 0 Å². The Morgan fingerprint density at radius 1 is 1.47 bits per heavy atom. The van der Waals surface area contributed by atoms with Crippen molar-refractivity contribution in [1.82, 2.24) is 0 Å². The van der Waals surface area contributed by atoms with Gasteiger partial charge >= 0.3 is 0 Å². The van der Waals surface area contributed by atoms with Crippen LogP contribution in [0, 0.1) is 0 Å². The Hall–Kier alpha value is -0.930. The third-order valence-electron chi connectivity index (χ3n) is 1.88. The van der Waals surface area contributed by atoms with Crippen molar-refractivity contribution >= 4 is 23.0 Å². The summed E-state index contributed by atoms with van der Waals surface area (Å²) in [5, 5.41) is 3.85. The van der Waals surface area contributed by atoms with E-state index in [9.17, 15) is 0 Å². The SMILES string of the molecule is CC(C)OCCNc1cc(Cl)ccc1N. The topological polar surface area (TPSA) is 47.3 Å². The van der Waals surface area contributed by atoms with Gasteiger partial charge in [0.25, 0.3) is 0 Å². The second-order valence-corrected chi connectivity index (χ2v) is 4.01. The van der Waals surface area contributed by atoms with Gasteiger partial charge in [0.2, 0.25) is 0 Å². The fourth-order valence-corrected chi connectivity index (χ4v) is 1.33. The smallest absolute Gasteiger partial charge is 0.0642 e. The molecule has 1 rings (SSSR count). The van der Waals surface area contributed by atoms with Crippen LogP contribution in [0.15, 0.2) is 18.2 Å². The van der Waals surface area contributed by atoms with E-state index in [0.717, 1.165) is 12.2 Å². The van der Waals surface area contributed by atoms with Crippen LogP contribution in [0.1, 0.15) is 13.8 Å². The van der Waals surface area contributed by atoms with Gasteiger partial charge in [-0.25, -0.2) is 0 Å². The van der Waals surface area contributed by atoms with Gasteiger partial charge in [0.1, 0.15) is 0 Å². The van der Waals surface area contributed by atoms with Crippen molar-refractivity contribution in [2.45, 2.75) is 20.0 Å². The molecule has 0 aliphatic heterocycles. The van der Waals surface area contributed by atoms with E-state index < -0.39 is 0 Å². The minimum absolute atomic E-state index is 0.253. The number of hydrogen-bond donors (Lipinski definition) is 2. The number of benzene rings is 1. The first-order valence-electron chi connectivity index (χ1n) is 5.00. The number of halogens is 1. The zero-order chi connectivity index (χ0) is 11.3. The third kappa shape index (κ3) is 4.40. The highest BCUT2D eigenvalue weighted by atomic mass is 35.5. The molecule has 3 nitrogen and oxygen atoms in total. The van der Waals surface area contributed by atoms with Crippen molar-refractivity contribution in [3.05, 3.63) is 23.2 Å². The third-order valence-corrected chi connectivity index (χ3v) is 2.12. The van der Waals surface area contributed by atoms with Crippen LogP contribution in [0.3, 0.4) is 0 Å². The highest BCUT2D eigenvalue weighted by Crippen LogP contribution is 2.22. The lowest BCUT2D eigenvalue weighted by Crippen LogP contribution is -2.13. The van der Waals surface area contributed by atoms with Crippen molar-refractivity contribution in [3.8, 4) is 0 Å². The molecule has 0 heterocycles. The molecule has 0 spiro atoms. The first kappa shape index (κ1) is 12.1. The van der Waals surface area contributed by atoms with Crippen molar-refractivity contribution in [2.24, 2.45) is 0 Å². The van der Waals surface area contributed by atoms with Gasteiger partial charge < -0.3 is 15.8 Å². The van der Waals surface area contributed by atoms with Gasteiger partial charge in [-0.3, -0.25) is 0 Å². The second kappa shape index (κ2) is 5.83. The summed E-state index contributed by atoms with van der Waals surface area (Å²) in [6.45, 7) is 5.40. The molecule has 0 atom stereocenters. The number of hydrogen-bond acceptors (Lipinski definition) is 3. The van der Waals surface area contributed by atoms with Crippen molar-refractivity contribution in [2.75, 3.05) is 24.2 Å². The van der Waals surface area contributed by atoms with E-state index in [0.29, 0.717) is 17.3 Å². The molecule has 84 valence electrons. The van der Waals surface area contributed by atoms with E-state index in [1.54, 1.807) is 12.1 Å². The van der Waals surface area contributed by atoms with E-state index in [2.05, 4.69) is 5.32 Å². The van der Waals surface area contributed by atoms with Gasteiger partial charge in [-0.05, 0) is 32.0 Å². The zero-order valence-corrected chi connectivity index (χ0v) is 9.84. The molecule has 0 aromatic heterocycles. The largest absolute Gasteiger partial charge is 0.397 e. The molecule has 0 aliphatic rings. The summed E-state index contributed by atoms with van der Waals surface area (Å²) in [6, 6.07) is 5.37. The Labute approximate surface area is 95.6 Å². The van der Waals surface area contributed by atoms with E-state index in [-0.39, 0.29) is 6.10 Å². The summed E-state index contributed by atoms with van der Waals surface area (Å²) in [5.41, 5.74) is 7.32. The number of rotatable bonds is 5. The minimum Gasteiger partial charge on any atom is -0.397 e. The van der Waals surface area contributed by atoms with Gasteiger partial charge in [-0.2, -0.15) is 0 Å². The molecular formula is C11H17ClN2O. The fourth-order valence-electron chi connectivity index (χ4n) is 1.16. The normalized spacial score (nSPS) is 10.7. The first-order valence-corrected chi connectivity index (χ1v) is 5.38. The summed E-state index contributed by atoms with van der Waals surface area (Å²) in [4.78, 5) is 0. The number of nitrogen functional groups attached to an aromatic ring is 1. The molecule has 0 bridgehead atoms. The van der Waals surface area contributed by atoms with Crippen molar-refractivity contribution in [1.29, 1.82) is 0 Å². The van der Waals surface area contributed by atoms with Gasteiger partial charge in [0, 0.05) is 11.6 Å². The monoisotopic (exact) mass is 228 g/mol. The number of anilines is 2. The minimum atomic E-state index is 0.253. The fraction of sp³-hybridized carbons (Fsp3) is 0.455. The van der Waals surface area contributed by atoms with Gasteiger partial charge in [-0.1, -0.05) is 11.6 Å². The van der Waals surface area contributed by atoms with Crippen molar-refractivity contribution in [3.63, 3.8) is 0 Å². The maximum atomic E-state index is 5.85. The predicted octanol–water partition coefficient (Wildman–Crippen LogP) is 2.76. The van der Waals surface area contributed by atoms with Crippen LogP contribution in [-0.4, -0.2) is 19.3 Å². The molecule has 0 amide bonds. The van der Waals surface area contributed by atoms with Crippen LogP contribution in [0.25, 0.3) is 0 Å². The number of ether oxygens (including phenoxy) is 1. The molecule has 0 aliphatic carbocycles. The number of nitrogens with two attached hydrogens (primary N) is 1. The zero-order valence-electron chi connectivity index (χ0n) is 9.09. The Bertz CT molecular complexity index is 315. The van der Waals surface area contributed by atoms with Crippen molar-refractivity contribution < 1.29 is 4.74 Å². The highest BCUT2D eigenvalue weighted by Gasteiger charge is 1.99. The molecule has 15 heavy (non-hydrogen) atoms. The Kier molecular flexibility index (Phi) is 4.72. The summed E-state index contributed by atoms with van der Waals surface area (Å²) < 4.78 is 5.40. The maximum absolute atomic E-state index is 5.85. The first-order chi connectivity index (χ1) is 7.09. The number of nitrogens with one attached hydrogen (secondary N) is 1. The molecule has 1 aromatic carbocycles. The summed E-state index contributed by atoms with van der Waals surface area (Å²) in [6.07, 6.45) is 0.253. The molecule has 1 aromatic rings. The second-order valence-electron chi connectivity index (χ2n) is 3.58. The molecule has 0 radical (unpaired) electrons. The molecule has 0 saturated heterocycles. The summed E-state index contributed by atoms with van der Waals surface area (Å²) in [7, 11) is 0. The van der Waals surface area contributed by atoms with E-state index in [4.69, 9.17) is 22.1 Å². The van der Waals surface area contributed by atoms with Crippen LogP contribution in [-0.2, 0) is 4.74 Å². The maximum Gasteiger partial charge on any atom is 0.0642 e. The lowest BCUT2D eigenvalue weighted by Gasteiger charge is -2.11. The Balaban J connectivity index is 2.40. The van der Waals surface area contributed by atoms with Crippen LogP contribution in [0.5, 0.6) is 0 Å².